The molecule has 1 unspecified atom stereocenters. The summed E-state index contributed by atoms with van der Waals surface area (Å²) in [5.41, 5.74) is 2.55. The molecule has 32 heavy (non-hydrogen) atoms. The van der Waals surface area contributed by atoms with Gasteiger partial charge in [0.2, 0.25) is 0 Å². The molecule has 0 amide bonds. The molecule has 0 aromatic heterocycles. The Kier molecular flexibility index (Phi) is 14.6. The fourth-order valence-electron chi connectivity index (χ4n) is 2.54. The Bertz CT molecular complexity index is 706. The average Bonchev–Trinajstić information content (AvgIpc) is 3.39. The number of carbonyl (C=O) groups excluding carboxylic acids is 2. The van der Waals surface area contributed by atoms with Crippen LogP contribution in [0.15, 0.2) is 48.5 Å². The molecule has 1 fully saturated rings. The van der Waals surface area contributed by atoms with Crippen molar-refractivity contribution in [3.63, 3.8) is 0 Å². The monoisotopic (exact) mass is 448 g/mol. The third-order valence-corrected chi connectivity index (χ3v) is 4.46. The summed E-state index contributed by atoms with van der Waals surface area (Å²) in [6.07, 6.45) is 1.54. The lowest BCUT2D eigenvalue weighted by Crippen LogP contribution is -2.01. The first-order chi connectivity index (χ1) is 14.8. The van der Waals surface area contributed by atoms with Gasteiger partial charge in [0.05, 0.1) is 37.6 Å². The van der Waals surface area contributed by atoms with Gasteiger partial charge in [-0.3, -0.25) is 0 Å². The zero-order valence-electron chi connectivity index (χ0n) is 18.5. The summed E-state index contributed by atoms with van der Waals surface area (Å²) >= 11 is 0. The van der Waals surface area contributed by atoms with Crippen molar-refractivity contribution in [2.45, 2.75) is 46.3 Å². The minimum absolute atomic E-state index is 0. The number of hydrogen-bond acceptors (Lipinski definition) is 7. The first-order valence-electron chi connectivity index (χ1n) is 10.1. The van der Waals surface area contributed by atoms with E-state index < -0.39 is 12.2 Å². The second-order valence-electron chi connectivity index (χ2n) is 6.90. The molecular formula is C25H36O7. The van der Waals surface area contributed by atoms with E-state index in [0.717, 1.165) is 24.3 Å². The lowest BCUT2D eigenvalue weighted by Gasteiger charge is -2.04. The average molecular weight is 449 g/mol. The van der Waals surface area contributed by atoms with Gasteiger partial charge in [0.25, 0.3) is 0 Å². The summed E-state index contributed by atoms with van der Waals surface area (Å²) in [6.45, 7) is 5.35. The van der Waals surface area contributed by atoms with Crippen LogP contribution in [0.25, 0.3) is 0 Å². The van der Waals surface area contributed by atoms with Crippen molar-refractivity contribution in [3.05, 3.63) is 70.8 Å². The number of hydrogen-bond donors (Lipinski definition) is 2. The summed E-state index contributed by atoms with van der Waals surface area (Å²) < 4.78 is 14.0. The Morgan fingerprint density at radius 3 is 1.25 bits per heavy atom. The van der Waals surface area contributed by atoms with E-state index in [-0.39, 0.29) is 19.4 Å². The third-order valence-electron chi connectivity index (χ3n) is 4.46. The molecule has 0 saturated carbocycles. The van der Waals surface area contributed by atoms with Gasteiger partial charge in [-0.1, -0.05) is 31.7 Å². The molecule has 2 aromatic rings. The van der Waals surface area contributed by atoms with Crippen LogP contribution in [0.1, 0.15) is 78.2 Å². The highest BCUT2D eigenvalue weighted by molar-refractivity contribution is 5.89. The Labute approximate surface area is 190 Å². The molecule has 1 saturated heterocycles. The van der Waals surface area contributed by atoms with Crippen molar-refractivity contribution in [2.75, 3.05) is 27.4 Å². The molecule has 0 spiro atoms. The number of rotatable bonds is 4. The molecule has 0 bridgehead atoms. The van der Waals surface area contributed by atoms with E-state index in [0.29, 0.717) is 11.1 Å². The lowest BCUT2D eigenvalue weighted by atomic mass is 10.1. The van der Waals surface area contributed by atoms with Gasteiger partial charge < -0.3 is 24.4 Å². The normalized spacial score (nSPS) is 13.7. The van der Waals surface area contributed by atoms with Crippen molar-refractivity contribution >= 4 is 11.9 Å². The van der Waals surface area contributed by atoms with Crippen molar-refractivity contribution in [1.82, 2.24) is 0 Å². The largest absolute Gasteiger partial charge is 0.465 e. The Hall–Kier alpha value is -2.74. The summed E-state index contributed by atoms with van der Waals surface area (Å²) in [7, 11) is 2.68. The molecule has 0 radical (unpaired) electrons. The van der Waals surface area contributed by atoms with Gasteiger partial charge in [0.1, 0.15) is 0 Å². The van der Waals surface area contributed by atoms with E-state index in [1.807, 2.05) is 0 Å². The second kappa shape index (κ2) is 16.0. The van der Waals surface area contributed by atoms with Gasteiger partial charge in [-0.05, 0) is 62.1 Å². The Morgan fingerprint density at radius 1 is 0.750 bits per heavy atom. The number of methoxy groups -OCH3 is 2. The highest BCUT2D eigenvalue weighted by Crippen LogP contribution is 2.13. The smallest absolute Gasteiger partial charge is 0.337 e. The molecule has 2 N–H and O–H groups in total. The van der Waals surface area contributed by atoms with Crippen molar-refractivity contribution < 1.29 is 34.0 Å². The third kappa shape index (κ3) is 10.5. The maximum atomic E-state index is 11.0. The first kappa shape index (κ1) is 29.3. The predicted molar refractivity (Wildman–Crippen MR) is 124 cm³/mol. The van der Waals surface area contributed by atoms with E-state index in [1.165, 1.54) is 27.1 Å². The van der Waals surface area contributed by atoms with Crippen molar-refractivity contribution in [3.8, 4) is 0 Å². The minimum Gasteiger partial charge on any atom is -0.465 e. The first-order valence-corrected chi connectivity index (χ1v) is 10.1. The summed E-state index contributed by atoms with van der Waals surface area (Å²) in [5, 5.41) is 18.4. The summed E-state index contributed by atoms with van der Waals surface area (Å²) in [5.74, 6) is -0.728. The quantitative estimate of drug-likeness (QED) is 0.665. The van der Waals surface area contributed by atoms with Gasteiger partial charge in [0.15, 0.2) is 0 Å². The van der Waals surface area contributed by atoms with Crippen LogP contribution in [0, 0.1) is 0 Å². The zero-order valence-corrected chi connectivity index (χ0v) is 18.5. The van der Waals surface area contributed by atoms with Gasteiger partial charge in [-0.25, -0.2) is 9.59 Å². The number of esters is 2. The van der Waals surface area contributed by atoms with Crippen molar-refractivity contribution in [2.24, 2.45) is 0 Å². The number of aliphatic hydroxyl groups excluding tert-OH is 2. The van der Waals surface area contributed by atoms with Gasteiger partial charge in [-0.15, -0.1) is 0 Å². The van der Waals surface area contributed by atoms with Crippen LogP contribution in [-0.2, 0) is 14.2 Å². The topological polar surface area (TPSA) is 102 Å². The number of aliphatic hydroxyl groups is 2. The Balaban J connectivity index is 0.000000482. The van der Waals surface area contributed by atoms with E-state index in [4.69, 9.17) is 4.74 Å². The summed E-state index contributed by atoms with van der Waals surface area (Å²) in [4.78, 5) is 22.0. The molecule has 1 aliphatic rings. The molecule has 2 aromatic carbocycles. The number of carbonyl (C=O) groups is 2. The van der Waals surface area contributed by atoms with Crippen LogP contribution in [0.4, 0.5) is 0 Å². The SMILES string of the molecule is C.C1CCOC1.COC(=O)c1ccc(C(C)O)cc1.COC(=O)c1ccc([C@@H](C)O)cc1. The highest BCUT2D eigenvalue weighted by Gasteiger charge is 2.06. The van der Waals surface area contributed by atoms with Crippen LogP contribution >= 0.6 is 0 Å². The standard InChI is InChI=1S/2C10H12O3.C4H8O.CH4/c2*1-7(11)8-3-5-9(6-4-8)10(12)13-2;1-2-4-5-3-1;/h2*3-7,11H,1-2H3;1-4H2;1H4/t7-;;;/m1.../s1. The van der Waals surface area contributed by atoms with E-state index >= 15 is 0 Å². The molecule has 7 nitrogen and oxygen atoms in total. The predicted octanol–water partition coefficient (Wildman–Crippen LogP) is 4.49. The Morgan fingerprint density at radius 2 is 1.06 bits per heavy atom. The van der Waals surface area contributed by atoms with Gasteiger partial charge in [0, 0.05) is 13.2 Å². The minimum atomic E-state index is -0.508. The molecular weight excluding hydrogens is 412 g/mol. The van der Waals surface area contributed by atoms with E-state index in [9.17, 15) is 19.8 Å². The van der Waals surface area contributed by atoms with E-state index in [2.05, 4.69) is 9.47 Å². The van der Waals surface area contributed by atoms with Gasteiger partial charge >= 0.3 is 11.9 Å². The fourth-order valence-corrected chi connectivity index (χ4v) is 2.54. The van der Waals surface area contributed by atoms with Crippen LogP contribution in [0.3, 0.4) is 0 Å². The zero-order chi connectivity index (χ0) is 23.2. The second-order valence-corrected chi connectivity index (χ2v) is 6.90. The number of benzene rings is 2. The fraction of sp³-hybridized carbons (Fsp3) is 0.440. The molecule has 178 valence electrons. The maximum absolute atomic E-state index is 11.0. The molecule has 3 rings (SSSR count). The highest BCUT2D eigenvalue weighted by atomic mass is 16.5. The van der Waals surface area contributed by atoms with Crippen LogP contribution in [0.2, 0.25) is 0 Å². The lowest BCUT2D eigenvalue weighted by molar-refractivity contribution is 0.0591. The molecule has 0 aliphatic carbocycles. The van der Waals surface area contributed by atoms with Crippen LogP contribution in [0.5, 0.6) is 0 Å². The summed E-state index contributed by atoms with van der Waals surface area (Å²) in [6, 6.07) is 13.4. The maximum Gasteiger partial charge on any atom is 0.337 e. The van der Waals surface area contributed by atoms with Crippen molar-refractivity contribution in [1.29, 1.82) is 0 Å². The van der Waals surface area contributed by atoms with Gasteiger partial charge in [-0.2, -0.15) is 0 Å². The molecule has 2 atom stereocenters. The molecule has 1 heterocycles. The number of ether oxygens (including phenoxy) is 3. The van der Waals surface area contributed by atoms with Crippen LogP contribution < -0.4 is 0 Å². The molecule has 7 heteroatoms. The molecule has 1 aliphatic heterocycles. The van der Waals surface area contributed by atoms with E-state index in [1.54, 1.807) is 62.4 Å². The van der Waals surface area contributed by atoms with Crippen LogP contribution in [-0.4, -0.2) is 49.6 Å².